The second kappa shape index (κ2) is 4.11. The molecule has 1 fully saturated rings. The second-order valence-corrected chi connectivity index (χ2v) is 4.34. The van der Waals surface area contributed by atoms with E-state index >= 15 is 0 Å². The molecule has 0 amide bonds. The lowest BCUT2D eigenvalue weighted by molar-refractivity contribution is -0.129. The summed E-state index contributed by atoms with van der Waals surface area (Å²) in [6.45, 7) is 0.725. The van der Waals surface area contributed by atoms with Crippen LogP contribution >= 0.6 is 11.3 Å². The van der Waals surface area contributed by atoms with Gasteiger partial charge in [-0.1, -0.05) is 0 Å². The van der Waals surface area contributed by atoms with Crippen molar-refractivity contribution in [1.29, 1.82) is 0 Å². The van der Waals surface area contributed by atoms with E-state index in [4.69, 9.17) is 5.73 Å². The van der Waals surface area contributed by atoms with Crippen LogP contribution in [0.25, 0.3) is 0 Å². The minimum atomic E-state index is -0.165. The van der Waals surface area contributed by atoms with E-state index in [2.05, 4.69) is 15.5 Å². The Labute approximate surface area is 86.9 Å². The van der Waals surface area contributed by atoms with Crippen LogP contribution in [0.5, 0.6) is 0 Å². The molecule has 2 N–H and O–H groups in total. The fourth-order valence-corrected chi connectivity index (χ4v) is 2.58. The molecule has 4 heteroatoms. The van der Waals surface area contributed by atoms with Crippen molar-refractivity contribution >= 4 is 17.8 Å². The van der Waals surface area contributed by atoms with Crippen molar-refractivity contribution in [3.05, 3.63) is 21.9 Å². The van der Waals surface area contributed by atoms with Crippen molar-refractivity contribution in [2.45, 2.75) is 24.8 Å². The summed E-state index contributed by atoms with van der Waals surface area (Å²) in [5.41, 5.74) is 8.43. The highest BCUT2D eigenvalue weighted by Gasteiger charge is 2.28. The Kier molecular flexibility index (Phi) is 2.84. The molecule has 0 spiro atoms. The summed E-state index contributed by atoms with van der Waals surface area (Å²) in [5.74, 6) is 0.707. The molecular formula is C10H13NO2S. The van der Waals surface area contributed by atoms with Crippen LogP contribution < -0.4 is 5.73 Å². The summed E-state index contributed by atoms with van der Waals surface area (Å²) in [4.78, 5) is 10.0. The van der Waals surface area contributed by atoms with Crippen molar-refractivity contribution in [3.8, 4) is 0 Å². The number of carbonyl (C=O) groups excluding carboxylic acids is 1. The number of thiophene rings is 1. The lowest BCUT2D eigenvalue weighted by Crippen LogP contribution is -2.17. The Balaban J connectivity index is 2.05. The number of nitrogens with two attached hydrogens (primary N) is 1. The average molecular weight is 211 g/mol. The number of carbonyl (C=O) groups is 1. The summed E-state index contributed by atoms with van der Waals surface area (Å²) in [5, 5.41) is 4.22. The highest BCUT2D eigenvalue weighted by molar-refractivity contribution is 7.08. The molecule has 1 aromatic rings. The monoisotopic (exact) mass is 211 g/mol. The van der Waals surface area contributed by atoms with Crippen LogP contribution in [0.2, 0.25) is 0 Å². The van der Waals surface area contributed by atoms with Gasteiger partial charge in [0.05, 0.1) is 6.04 Å². The molecule has 1 aliphatic rings. The van der Waals surface area contributed by atoms with Gasteiger partial charge < -0.3 is 10.5 Å². The first-order valence-corrected chi connectivity index (χ1v) is 5.64. The summed E-state index contributed by atoms with van der Waals surface area (Å²) in [6, 6.07) is -0.165. The van der Waals surface area contributed by atoms with Gasteiger partial charge in [-0.25, -0.2) is 0 Å². The van der Waals surface area contributed by atoms with E-state index in [9.17, 15) is 4.79 Å². The van der Waals surface area contributed by atoms with Gasteiger partial charge in [-0.3, -0.25) is 4.79 Å². The lowest BCUT2D eigenvalue weighted by Gasteiger charge is -2.10. The highest BCUT2D eigenvalue weighted by atomic mass is 32.1. The molecule has 0 aliphatic heterocycles. The first-order valence-electron chi connectivity index (χ1n) is 4.69. The van der Waals surface area contributed by atoms with Crippen LogP contribution in [0.4, 0.5) is 0 Å². The van der Waals surface area contributed by atoms with Gasteiger partial charge >= 0.3 is 0 Å². The maximum atomic E-state index is 10.0. The zero-order valence-electron chi connectivity index (χ0n) is 7.81. The third-order valence-corrected chi connectivity index (χ3v) is 3.26. The summed E-state index contributed by atoms with van der Waals surface area (Å²) < 4.78 is 4.67. The molecule has 1 unspecified atom stereocenters. The van der Waals surface area contributed by atoms with Crippen LogP contribution in [-0.2, 0) is 9.53 Å². The van der Waals surface area contributed by atoms with Gasteiger partial charge in [-0.15, -0.1) is 0 Å². The second-order valence-electron chi connectivity index (χ2n) is 3.59. The van der Waals surface area contributed by atoms with Gasteiger partial charge in [0.25, 0.3) is 6.47 Å². The normalized spacial score (nSPS) is 17.8. The molecule has 1 aliphatic carbocycles. The number of hydrogen-bond donors (Lipinski definition) is 1. The molecular weight excluding hydrogens is 198 g/mol. The Hall–Kier alpha value is -0.870. The molecule has 0 radical (unpaired) electrons. The molecule has 14 heavy (non-hydrogen) atoms. The Morgan fingerprint density at radius 2 is 2.43 bits per heavy atom. The Morgan fingerprint density at radius 3 is 3.07 bits per heavy atom. The van der Waals surface area contributed by atoms with Gasteiger partial charge in [0, 0.05) is 0 Å². The molecule has 3 nitrogen and oxygen atoms in total. The molecule has 2 rings (SSSR count). The Morgan fingerprint density at radius 1 is 1.64 bits per heavy atom. The van der Waals surface area contributed by atoms with Crippen molar-refractivity contribution in [1.82, 2.24) is 0 Å². The Bertz CT molecular complexity index is 320. The van der Waals surface area contributed by atoms with Gasteiger partial charge in [-0.2, -0.15) is 11.3 Å². The topological polar surface area (TPSA) is 52.3 Å². The fraction of sp³-hybridized carbons (Fsp3) is 0.500. The average Bonchev–Trinajstić information content (AvgIpc) is 2.93. The SMILES string of the molecule is NC(COC=O)c1cscc1C1CC1. The van der Waals surface area contributed by atoms with Crippen LogP contribution in [0, 0.1) is 0 Å². The van der Waals surface area contributed by atoms with Gasteiger partial charge in [0.2, 0.25) is 0 Å². The minimum absolute atomic E-state index is 0.165. The quantitative estimate of drug-likeness (QED) is 0.755. The third-order valence-electron chi connectivity index (χ3n) is 2.48. The van der Waals surface area contributed by atoms with Gasteiger partial charge in [-0.05, 0) is 40.6 Å². The first kappa shape index (κ1) is 9.68. The molecule has 1 heterocycles. The predicted molar refractivity (Wildman–Crippen MR) is 55.2 cm³/mol. The lowest BCUT2D eigenvalue weighted by atomic mass is 10.0. The molecule has 1 aromatic heterocycles. The zero-order chi connectivity index (χ0) is 9.97. The van der Waals surface area contributed by atoms with E-state index < -0.39 is 0 Å². The molecule has 1 saturated carbocycles. The number of ether oxygens (including phenoxy) is 1. The van der Waals surface area contributed by atoms with E-state index in [1.165, 1.54) is 18.4 Å². The van der Waals surface area contributed by atoms with Gasteiger partial charge in [0.1, 0.15) is 6.61 Å². The highest BCUT2D eigenvalue weighted by Crippen LogP contribution is 2.44. The maximum Gasteiger partial charge on any atom is 0.293 e. The predicted octanol–water partition coefficient (Wildman–Crippen LogP) is 1.80. The maximum absolute atomic E-state index is 10.0. The van der Waals surface area contributed by atoms with Crippen LogP contribution in [-0.4, -0.2) is 13.1 Å². The van der Waals surface area contributed by atoms with E-state index in [1.54, 1.807) is 11.3 Å². The largest absolute Gasteiger partial charge is 0.466 e. The molecule has 1 atom stereocenters. The van der Waals surface area contributed by atoms with Crippen molar-refractivity contribution < 1.29 is 9.53 Å². The van der Waals surface area contributed by atoms with E-state index in [0.29, 0.717) is 12.4 Å². The standard InChI is InChI=1S/C10H13NO2S/c11-10(3-13-6-12)9-5-14-4-8(9)7-1-2-7/h4-7,10H,1-3,11H2. The third kappa shape index (κ3) is 1.96. The molecule has 0 aromatic carbocycles. The summed E-state index contributed by atoms with van der Waals surface area (Å²) in [7, 11) is 0. The van der Waals surface area contributed by atoms with E-state index in [-0.39, 0.29) is 12.6 Å². The minimum Gasteiger partial charge on any atom is -0.466 e. The van der Waals surface area contributed by atoms with Crippen LogP contribution in [0.3, 0.4) is 0 Å². The zero-order valence-corrected chi connectivity index (χ0v) is 8.63. The first-order chi connectivity index (χ1) is 6.83. The molecule has 0 bridgehead atoms. The fourth-order valence-electron chi connectivity index (χ4n) is 1.58. The van der Waals surface area contributed by atoms with Crippen molar-refractivity contribution in [3.63, 3.8) is 0 Å². The molecule has 0 saturated heterocycles. The molecule has 76 valence electrons. The number of hydrogen-bond acceptors (Lipinski definition) is 4. The van der Waals surface area contributed by atoms with Crippen LogP contribution in [0.15, 0.2) is 10.8 Å². The van der Waals surface area contributed by atoms with Gasteiger partial charge in [0.15, 0.2) is 0 Å². The van der Waals surface area contributed by atoms with Crippen molar-refractivity contribution in [2.24, 2.45) is 5.73 Å². The summed E-state index contributed by atoms with van der Waals surface area (Å²) in [6.07, 6.45) is 2.54. The van der Waals surface area contributed by atoms with Crippen LogP contribution in [0.1, 0.15) is 35.9 Å². The number of rotatable bonds is 5. The van der Waals surface area contributed by atoms with Crippen molar-refractivity contribution in [2.75, 3.05) is 6.61 Å². The summed E-state index contributed by atoms with van der Waals surface area (Å²) >= 11 is 1.67. The van der Waals surface area contributed by atoms with E-state index in [1.807, 2.05) is 0 Å². The smallest absolute Gasteiger partial charge is 0.293 e. The van der Waals surface area contributed by atoms with E-state index in [0.717, 1.165) is 5.56 Å².